The summed E-state index contributed by atoms with van der Waals surface area (Å²) in [5.74, 6) is 1.09. The van der Waals surface area contributed by atoms with Gasteiger partial charge >= 0.3 is 0 Å². The molecule has 0 spiro atoms. The predicted octanol–water partition coefficient (Wildman–Crippen LogP) is 3.66. The van der Waals surface area contributed by atoms with Crippen LogP contribution in [0.2, 0.25) is 0 Å². The molecule has 0 bridgehead atoms. The lowest BCUT2D eigenvalue weighted by atomic mass is 9.99. The highest BCUT2D eigenvalue weighted by molar-refractivity contribution is 5.85. The van der Waals surface area contributed by atoms with Crippen molar-refractivity contribution in [1.82, 2.24) is 10.1 Å². The maximum Gasteiger partial charge on any atom is 0.237 e. The highest BCUT2D eigenvalue weighted by Gasteiger charge is 2.28. The van der Waals surface area contributed by atoms with Gasteiger partial charge in [0.05, 0.1) is 5.92 Å². The Hall–Kier alpha value is -1.97. The van der Waals surface area contributed by atoms with Crippen LogP contribution in [0.4, 0.5) is 0 Å². The molecule has 1 aromatic heterocycles. The minimum absolute atomic E-state index is 0.206. The Balaban J connectivity index is 1.90. The maximum atomic E-state index is 12.1. The number of aryl methyl sites for hydroxylation is 1. The van der Waals surface area contributed by atoms with Gasteiger partial charge in [0.1, 0.15) is 5.78 Å². The van der Waals surface area contributed by atoms with Crippen molar-refractivity contribution in [1.29, 1.82) is 0 Å². The summed E-state index contributed by atoms with van der Waals surface area (Å²) in [5, 5.41) is 4.05. The minimum atomic E-state index is -0.206. The van der Waals surface area contributed by atoms with E-state index in [2.05, 4.69) is 10.1 Å². The van der Waals surface area contributed by atoms with E-state index in [1.165, 1.54) is 0 Å². The van der Waals surface area contributed by atoms with Crippen LogP contribution in [-0.4, -0.2) is 15.9 Å². The van der Waals surface area contributed by atoms with Crippen LogP contribution in [0.5, 0.6) is 0 Å². The summed E-state index contributed by atoms with van der Waals surface area (Å²) in [6, 6.07) is 7.92. The molecule has 1 atom stereocenters. The molecule has 104 valence electrons. The van der Waals surface area contributed by atoms with E-state index < -0.39 is 0 Å². The third kappa shape index (κ3) is 2.50. The number of ketones is 1. The van der Waals surface area contributed by atoms with Crippen LogP contribution in [0.15, 0.2) is 28.8 Å². The first kappa shape index (κ1) is 13.0. The molecule has 3 rings (SSSR count). The Morgan fingerprint density at radius 3 is 2.90 bits per heavy atom. The van der Waals surface area contributed by atoms with E-state index in [1.807, 2.05) is 31.2 Å². The lowest BCUT2D eigenvalue weighted by Crippen LogP contribution is -2.10. The predicted molar refractivity (Wildman–Crippen MR) is 75.3 cm³/mol. The van der Waals surface area contributed by atoms with E-state index in [-0.39, 0.29) is 11.7 Å². The van der Waals surface area contributed by atoms with Crippen LogP contribution < -0.4 is 0 Å². The van der Waals surface area contributed by atoms with Gasteiger partial charge in [-0.3, -0.25) is 4.79 Å². The Morgan fingerprint density at radius 1 is 1.20 bits per heavy atom. The van der Waals surface area contributed by atoms with Crippen molar-refractivity contribution in [2.45, 2.75) is 44.9 Å². The number of benzene rings is 1. The average Bonchev–Trinajstić information content (AvgIpc) is 2.82. The Kier molecular flexibility index (Phi) is 3.63. The summed E-state index contributed by atoms with van der Waals surface area (Å²) in [4.78, 5) is 16.6. The van der Waals surface area contributed by atoms with Crippen LogP contribution >= 0.6 is 0 Å². The standard InChI is InChI=1S/C16H18N2O2/c1-11-7-5-6-8-12(11)15-17-16(20-18-15)13-9-3-2-4-10-14(13)19/h5-8,13H,2-4,9-10H2,1H3. The van der Waals surface area contributed by atoms with E-state index in [9.17, 15) is 4.79 Å². The molecule has 0 saturated heterocycles. The fraction of sp³-hybridized carbons (Fsp3) is 0.438. The maximum absolute atomic E-state index is 12.1. The molecule has 1 aromatic carbocycles. The second-order valence-electron chi connectivity index (χ2n) is 5.39. The van der Waals surface area contributed by atoms with Gasteiger partial charge in [0.25, 0.3) is 0 Å². The number of hydrogen-bond donors (Lipinski definition) is 0. The molecule has 4 nitrogen and oxygen atoms in total. The van der Waals surface area contributed by atoms with Gasteiger partial charge in [-0.25, -0.2) is 0 Å². The zero-order chi connectivity index (χ0) is 13.9. The van der Waals surface area contributed by atoms with Gasteiger partial charge in [0.2, 0.25) is 11.7 Å². The minimum Gasteiger partial charge on any atom is -0.338 e. The van der Waals surface area contributed by atoms with Crippen molar-refractivity contribution in [2.24, 2.45) is 0 Å². The normalized spacial score (nSPS) is 19.9. The molecule has 0 amide bonds. The summed E-state index contributed by atoms with van der Waals surface area (Å²) in [5.41, 5.74) is 2.07. The molecule has 20 heavy (non-hydrogen) atoms. The third-order valence-corrected chi connectivity index (χ3v) is 3.93. The van der Waals surface area contributed by atoms with E-state index in [4.69, 9.17) is 4.52 Å². The first-order valence-corrected chi connectivity index (χ1v) is 7.18. The van der Waals surface area contributed by atoms with Gasteiger partial charge in [-0.15, -0.1) is 0 Å². The molecule has 0 N–H and O–H groups in total. The van der Waals surface area contributed by atoms with Crippen molar-refractivity contribution in [3.8, 4) is 11.4 Å². The first-order valence-electron chi connectivity index (χ1n) is 7.18. The second-order valence-corrected chi connectivity index (χ2v) is 5.39. The quantitative estimate of drug-likeness (QED) is 0.781. The van der Waals surface area contributed by atoms with Crippen molar-refractivity contribution < 1.29 is 9.32 Å². The van der Waals surface area contributed by atoms with Crippen molar-refractivity contribution >= 4 is 5.78 Å². The lowest BCUT2D eigenvalue weighted by molar-refractivity contribution is -0.120. The molecular formula is C16H18N2O2. The number of Topliss-reactive ketones (excluding diaryl/α,β-unsaturated/α-hetero) is 1. The molecule has 2 aromatic rings. The van der Waals surface area contributed by atoms with E-state index in [1.54, 1.807) is 0 Å². The molecule has 0 radical (unpaired) electrons. The lowest BCUT2D eigenvalue weighted by Gasteiger charge is -2.06. The van der Waals surface area contributed by atoms with Crippen molar-refractivity contribution in [2.75, 3.05) is 0 Å². The summed E-state index contributed by atoms with van der Waals surface area (Å²) in [7, 11) is 0. The fourth-order valence-corrected chi connectivity index (χ4v) is 2.73. The van der Waals surface area contributed by atoms with Crippen molar-refractivity contribution in [3.63, 3.8) is 0 Å². The van der Waals surface area contributed by atoms with Crippen LogP contribution in [0, 0.1) is 6.92 Å². The summed E-state index contributed by atoms with van der Waals surface area (Å²) < 4.78 is 5.36. The topological polar surface area (TPSA) is 56.0 Å². The van der Waals surface area contributed by atoms with Crippen molar-refractivity contribution in [3.05, 3.63) is 35.7 Å². The van der Waals surface area contributed by atoms with Crippen LogP contribution in [0.3, 0.4) is 0 Å². The molecule has 0 aliphatic heterocycles. The molecule has 1 saturated carbocycles. The van der Waals surface area contributed by atoms with E-state index in [0.717, 1.165) is 36.8 Å². The molecule has 4 heteroatoms. The monoisotopic (exact) mass is 270 g/mol. The van der Waals surface area contributed by atoms with Gasteiger partial charge in [0.15, 0.2) is 0 Å². The largest absolute Gasteiger partial charge is 0.338 e. The smallest absolute Gasteiger partial charge is 0.237 e. The SMILES string of the molecule is Cc1ccccc1-c1noc(C2CCCCCC2=O)n1. The van der Waals surface area contributed by atoms with Gasteiger partial charge < -0.3 is 4.52 Å². The third-order valence-electron chi connectivity index (χ3n) is 3.93. The van der Waals surface area contributed by atoms with E-state index >= 15 is 0 Å². The number of carbonyl (C=O) groups excluding carboxylic acids is 1. The Morgan fingerprint density at radius 2 is 2.05 bits per heavy atom. The molecule has 1 unspecified atom stereocenters. The zero-order valence-electron chi connectivity index (χ0n) is 11.6. The number of rotatable bonds is 2. The Bertz CT molecular complexity index is 618. The molecular weight excluding hydrogens is 252 g/mol. The van der Waals surface area contributed by atoms with Crippen LogP contribution in [0.25, 0.3) is 11.4 Å². The molecule has 1 fully saturated rings. The number of carbonyl (C=O) groups is 1. The molecule has 1 aliphatic carbocycles. The summed E-state index contributed by atoms with van der Waals surface area (Å²) >= 11 is 0. The first-order chi connectivity index (χ1) is 9.75. The molecule has 1 heterocycles. The Labute approximate surface area is 118 Å². The number of hydrogen-bond acceptors (Lipinski definition) is 4. The second kappa shape index (κ2) is 5.57. The molecule has 1 aliphatic rings. The zero-order valence-corrected chi connectivity index (χ0v) is 11.6. The van der Waals surface area contributed by atoms with Gasteiger partial charge in [0, 0.05) is 12.0 Å². The summed E-state index contributed by atoms with van der Waals surface area (Å²) in [6.07, 6.45) is 4.61. The van der Waals surface area contributed by atoms with E-state index in [0.29, 0.717) is 18.1 Å². The highest BCUT2D eigenvalue weighted by atomic mass is 16.5. The highest BCUT2D eigenvalue weighted by Crippen LogP contribution is 2.29. The van der Waals surface area contributed by atoms with Crippen LogP contribution in [-0.2, 0) is 4.79 Å². The van der Waals surface area contributed by atoms with Gasteiger partial charge in [-0.05, 0) is 25.3 Å². The average molecular weight is 270 g/mol. The summed E-state index contributed by atoms with van der Waals surface area (Å²) in [6.45, 7) is 2.02. The fourth-order valence-electron chi connectivity index (χ4n) is 2.73. The van der Waals surface area contributed by atoms with Gasteiger partial charge in [-0.1, -0.05) is 42.3 Å². The number of nitrogens with zero attached hydrogens (tertiary/aromatic N) is 2. The van der Waals surface area contributed by atoms with Crippen LogP contribution in [0.1, 0.15) is 49.5 Å². The number of aromatic nitrogens is 2. The van der Waals surface area contributed by atoms with Gasteiger partial charge in [-0.2, -0.15) is 4.98 Å².